The van der Waals surface area contributed by atoms with Crippen LogP contribution in [0, 0.1) is 13.8 Å². The van der Waals surface area contributed by atoms with Crippen LogP contribution in [0.4, 0.5) is 11.4 Å². The number of halogens is 1. The third kappa shape index (κ3) is 4.23. The Morgan fingerprint density at radius 3 is 2.57 bits per heavy atom. The summed E-state index contributed by atoms with van der Waals surface area (Å²) in [6, 6.07) is 20.5. The van der Waals surface area contributed by atoms with Crippen molar-refractivity contribution < 1.29 is 9.59 Å². The highest BCUT2D eigenvalue weighted by atomic mass is 35.5. The van der Waals surface area contributed by atoms with Crippen molar-refractivity contribution in [1.29, 1.82) is 0 Å². The molecule has 0 aromatic heterocycles. The molecule has 4 rings (SSSR count). The number of hydrogen-bond donors (Lipinski definition) is 1. The maximum Gasteiger partial charge on any atom is 0.255 e. The number of nitrogens with one attached hydrogen (secondary N) is 1. The van der Waals surface area contributed by atoms with Gasteiger partial charge in [0.2, 0.25) is 5.91 Å². The number of thioether (sulfide) groups is 1. The highest BCUT2D eigenvalue weighted by Crippen LogP contribution is 2.43. The Balaban J connectivity index is 1.60. The Bertz CT molecular complexity index is 1110. The second kappa shape index (κ2) is 8.54. The van der Waals surface area contributed by atoms with E-state index in [0.29, 0.717) is 22.0 Å². The van der Waals surface area contributed by atoms with E-state index in [0.717, 1.165) is 16.8 Å². The summed E-state index contributed by atoms with van der Waals surface area (Å²) in [7, 11) is 0. The van der Waals surface area contributed by atoms with Crippen molar-refractivity contribution in [1.82, 2.24) is 0 Å². The van der Waals surface area contributed by atoms with Crippen LogP contribution in [-0.2, 0) is 4.79 Å². The summed E-state index contributed by atoms with van der Waals surface area (Å²) in [6.07, 6.45) is 0. The summed E-state index contributed by atoms with van der Waals surface area (Å²) in [5.74, 6) is 0.317. The summed E-state index contributed by atoms with van der Waals surface area (Å²) in [5, 5.41) is 3.38. The first kappa shape index (κ1) is 20.5. The predicted molar refractivity (Wildman–Crippen MR) is 124 cm³/mol. The highest BCUT2D eigenvalue weighted by Gasteiger charge is 2.34. The fourth-order valence-electron chi connectivity index (χ4n) is 3.58. The fourth-order valence-corrected chi connectivity index (χ4v) is 4.87. The lowest BCUT2D eigenvalue weighted by molar-refractivity contribution is -0.115. The van der Waals surface area contributed by atoms with E-state index in [-0.39, 0.29) is 17.2 Å². The highest BCUT2D eigenvalue weighted by molar-refractivity contribution is 8.00. The SMILES string of the molecule is Cc1ccc(N2C(=O)CSC2c2cccc(NC(=O)c3ccc(Cl)cc3)c2)c(C)c1. The normalized spacial score (nSPS) is 16.0. The first-order chi connectivity index (χ1) is 14.4. The van der Waals surface area contributed by atoms with Crippen LogP contribution < -0.4 is 10.2 Å². The molecule has 1 atom stereocenters. The topological polar surface area (TPSA) is 49.4 Å². The lowest BCUT2D eigenvalue weighted by atomic mass is 10.1. The quantitative estimate of drug-likeness (QED) is 0.546. The summed E-state index contributed by atoms with van der Waals surface area (Å²) in [4.78, 5) is 27.1. The summed E-state index contributed by atoms with van der Waals surface area (Å²) < 4.78 is 0. The van der Waals surface area contributed by atoms with E-state index >= 15 is 0 Å². The second-order valence-corrected chi connectivity index (χ2v) is 8.81. The van der Waals surface area contributed by atoms with Crippen LogP contribution in [-0.4, -0.2) is 17.6 Å². The maximum absolute atomic E-state index is 12.7. The molecule has 0 aliphatic carbocycles. The standard InChI is InChI=1S/C24H21ClN2O2S/c1-15-6-11-21(16(2)12-15)27-22(28)14-30-24(27)18-4-3-5-20(13-18)26-23(29)17-7-9-19(25)10-8-17/h3-13,24H,14H2,1-2H3,(H,26,29). The number of carbonyl (C=O) groups excluding carboxylic acids is 2. The molecule has 1 heterocycles. The van der Waals surface area contributed by atoms with Crippen molar-refractivity contribution in [2.24, 2.45) is 0 Å². The van der Waals surface area contributed by atoms with Crippen LogP contribution in [0.5, 0.6) is 0 Å². The molecule has 1 aliphatic rings. The molecule has 1 aliphatic heterocycles. The molecule has 0 spiro atoms. The number of nitrogens with zero attached hydrogens (tertiary/aromatic N) is 1. The summed E-state index contributed by atoms with van der Waals surface area (Å²) in [5.41, 5.74) is 5.36. The van der Waals surface area contributed by atoms with Crippen molar-refractivity contribution in [2.75, 3.05) is 16.0 Å². The number of aryl methyl sites for hydroxylation is 2. The third-order valence-electron chi connectivity index (χ3n) is 5.02. The molecule has 0 bridgehead atoms. The molecule has 0 saturated carbocycles. The molecule has 30 heavy (non-hydrogen) atoms. The van der Waals surface area contributed by atoms with Gasteiger partial charge in [0.05, 0.1) is 5.75 Å². The zero-order valence-electron chi connectivity index (χ0n) is 16.7. The van der Waals surface area contributed by atoms with Crippen LogP contribution in [0.15, 0.2) is 66.7 Å². The third-order valence-corrected chi connectivity index (χ3v) is 6.48. The van der Waals surface area contributed by atoms with Gasteiger partial charge in [0.15, 0.2) is 0 Å². The van der Waals surface area contributed by atoms with Crippen molar-refractivity contribution in [3.05, 3.63) is 94.0 Å². The van der Waals surface area contributed by atoms with E-state index < -0.39 is 0 Å². The van der Waals surface area contributed by atoms with E-state index in [2.05, 4.69) is 11.4 Å². The Morgan fingerprint density at radius 2 is 1.83 bits per heavy atom. The summed E-state index contributed by atoms with van der Waals surface area (Å²) in [6.45, 7) is 4.07. The second-order valence-electron chi connectivity index (χ2n) is 7.30. The van der Waals surface area contributed by atoms with Gasteiger partial charge in [0.25, 0.3) is 5.91 Å². The van der Waals surface area contributed by atoms with E-state index in [1.807, 2.05) is 55.1 Å². The molecule has 1 unspecified atom stereocenters. The van der Waals surface area contributed by atoms with Crippen molar-refractivity contribution in [3.63, 3.8) is 0 Å². The largest absolute Gasteiger partial charge is 0.322 e. The zero-order chi connectivity index (χ0) is 21.3. The number of hydrogen-bond acceptors (Lipinski definition) is 3. The van der Waals surface area contributed by atoms with Gasteiger partial charge in [-0.3, -0.25) is 14.5 Å². The molecule has 3 aromatic rings. The smallest absolute Gasteiger partial charge is 0.255 e. The number of rotatable bonds is 4. The molecule has 3 aromatic carbocycles. The fraction of sp³-hybridized carbons (Fsp3) is 0.167. The summed E-state index contributed by atoms with van der Waals surface area (Å²) >= 11 is 7.49. The van der Waals surface area contributed by atoms with Crippen LogP contribution in [0.2, 0.25) is 5.02 Å². The minimum atomic E-state index is -0.204. The monoisotopic (exact) mass is 436 g/mol. The van der Waals surface area contributed by atoms with Gasteiger partial charge in [-0.15, -0.1) is 11.8 Å². The van der Waals surface area contributed by atoms with Gasteiger partial charge in [-0.2, -0.15) is 0 Å². The van der Waals surface area contributed by atoms with Crippen LogP contribution in [0.1, 0.15) is 32.4 Å². The lowest BCUT2D eigenvalue weighted by Gasteiger charge is -2.26. The minimum absolute atomic E-state index is 0.0903. The molecular weight excluding hydrogens is 416 g/mol. The number of benzene rings is 3. The number of carbonyl (C=O) groups is 2. The van der Waals surface area contributed by atoms with Gasteiger partial charge in [-0.25, -0.2) is 0 Å². The Morgan fingerprint density at radius 1 is 1.07 bits per heavy atom. The average molecular weight is 437 g/mol. The minimum Gasteiger partial charge on any atom is -0.322 e. The van der Waals surface area contributed by atoms with E-state index in [9.17, 15) is 9.59 Å². The Labute approximate surface area is 185 Å². The van der Waals surface area contributed by atoms with Gasteiger partial charge in [0.1, 0.15) is 5.37 Å². The van der Waals surface area contributed by atoms with Gasteiger partial charge < -0.3 is 5.32 Å². The molecule has 1 fully saturated rings. The lowest BCUT2D eigenvalue weighted by Crippen LogP contribution is -2.28. The average Bonchev–Trinajstić information content (AvgIpc) is 3.10. The molecule has 1 saturated heterocycles. The molecule has 1 N–H and O–H groups in total. The molecule has 4 nitrogen and oxygen atoms in total. The maximum atomic E-state index is 12.7. The first-order valence-electron chi connectivity index (χ1n) is 9.60. The van der Waals surface area contributed by atoms with Gasteiger partial charge in [0, 0.05) is 22.0 Å². The Kier molecular flexibility index (Phi) is 5.84. The van der Waals surface area contributed by atoms with E-state index in [4.69, 9.17) is 11.6 Å². The Hall–Kier alpha value is -2.76. The van der Waals surface area contributed by atoms with E-state index in [1.54, 1.807) is 36.0 Å². The van der Waals surface area contributed by atoms with Gasteiger partial charge in [-0.1, -0.05) is 41.4 Å². The van der Waals surface area contributed by atoms with Crippen LogP contribution in [0.25, 0.3) is 0 Å². The predicted octanol–water partition coefficient (Wildman–Crippen LogP) is 5.99. The van der Waals surface area contributed by atoms with Crippen LogP contribution in [0.3, 0.4) is 0 Å². The molecule has 152 valence electrons. The number of amides is 2. The van der Waals surface area contributed by atoms with Crippen LogP contribution >= 0.6 is 23.4 Å². The molecule has 2 amide bonds. The van der Waals surface area contributed by atoms with Crippen molar-refractivity contribution >= 4 is 46.6 Å². The van der Waals surface area contributed by atoms with Gasteiger partial charge in [-0.05, 0) is 67.4 Å². The molecular formula is C24H21ClN2O2S. The van der Waals surface area contributed by atoms with Gasteiger partial charge >= 0.3 is 0 Å². The van der Waals surface area contributed by atoms with Crippen molar-refractivity contribution in [3.8, 4) is 0 Å². The first-order valence-corrected chi connectivity index (χ1v) is 11.0. The van der Waals surface area contributed by atoms with Crippen molar-refractivity contribution in [2.45, 2.75) is 19.2 Å². The van der Waals surface area contributed by atoms with E-state index in [1.165, 1.54) is 5.56 Å². The molecule has 0 radical (unpaired) electrons. The number of anilines is 2. The molecule has 6 heteroatoms. The zero-order valence-corrected chi connectivity index (χ0v) is 18.3.